The number of halogens is 2. The molecule has 0 aliphatic carbocycles. The van der Waals surface area contributed by atoms with Gasteiger partial charge in [0, 0.05) is 33.7 Å². The quantitative estimate of drug-likeness (QED) is 0.905. The first-order valence-corrected chi connectivity index (χ1v) is 7.31. The van der Waals surface area contributed by atoms with Crippen LogP contribution in [0, 0.1) is 0 Å². The molecule has 0 amide bonds. The summed E-state index contributed by atoms with van der Waals surface area (Å²) in [5.41, 5.74) is 1.58. The van der Waals surface area contributed by atoms with Crippen LogP contribution in [0.25, 0.3) is 0 Å². The number of hydrogen-bond acceptors (Lipinski definition) is 2. The van der Waals surface area contributed by atoms with Gasteiger partial charge in [-0.1, -0.05) is 27.5 Å². The molecule has 102 valence electrons. The Morgan fingerprint density at radius 1 is 1.37 bits per heavy atom. The summed E-state index contributed by atoms with van der Waals surface area (Å²) in [6, 6.07) is 7.71. The molecule has 0 spiro atoms. The second-order valence-corrected chi connectivity index (χ2v) is 6.09. The maximum Gasteiger partial charge on any atom is 0.0860 e. The number of nitrogens with zero attached hydrogens (tertiary/aromatic N) is 2. The zero-order valence-electron chi connectivity index (χ0n) is 10.8. The van der Waals surface area contributed by atoms with E-state index >= 15 is 0 Å². The van der Waals surface area contributed by atoms with E-state index in [1.54, 1.807) is 6.07 Å². The number of hydrogen-bond donors (Lipinski definition) is 1. The summed E-state index contributed by atoms with van der Waals surface area (Å²) in [6.45, 7) is 4.14. The average molecular weight is 344 g/mol. The van der Waals surface area contributed by atoms with E-state index in [-0.39, 0.29) is 0 Å². The van der Waals surface area contributed by atoms with Crippen molar-refractivity contribution in [2.75, 3.05) is 0 Å². The molecule has 1 aromatic heterocycles. The molecule has 3 nitrogen and oxygen atoms in total. The number of benzene rings is 1. The fraction of sp³-hybridized carbons (Fsp3) is 0.357. The Kier molecular flexibility index (Phi) is 4.66. The fourth-order valence-electron chi connectivity index (χ4n) is 1.85. The van der Waals surface area contributed by atoms with Gasteiger partial charge in [0.2, 0.25) is 0 Å². The van der Waals surface area contributed by atoms with Crippen molar-refractivity contribution in [1.29, 1.82) is 0 Å². The van der Waals surface area contributed by atoms with Crippen LogP contribution in [0.1, 0.15) is 37.3 Å². The van der Waals surface area contributed by atoms with E-state index in [0.29, 0.717) is 17.5 Å². The van der Waals surface area contributed by atoms with Crippen molar-refractivity contribution in [1.82, 2.24) is 9.78 Å². The van der Waals surface area contributed by atoms with Crippen LogP contribution in [0.4, 0.5) is 0 Å². The molecule has 0 aliphatic rings. The highest BCUT2D eigenvalue weighted by Gasteiger charge is 2.14. The lowest BCUT2D eigenvalue weighted by Gasteiger charge is -2.12. The molecule has 1 atom stereocenters. The maximum atomic E-state index is 10.3. The second kappa shape index (κ2) is 6.07. The minimum Gasteiger partial charge on any atom is -0.388 e. The van der Waals surface area contributed by atoms with Crippen molar-refractivity contribution >= 4 is 27.5 Å². The first-order chi connectivity index (χ1) is 8.97. The summed E-state index contributed by atoms with van der Waals surface area (Å²) in [4.78, 5) is 0. The Balaban J connectivity index is 2.15. The number of rotatable bonds is 4. The molecule has 0 saturated heterocycles. The van der Waals surface area contributed by atoms with Crippen LogP contribution < -0.4 is 0 Å². The predicted octanol–water partition coefficient (Wildman–Crippen LogP) is 4.16. The number of aromatic nitrogens is 2. The van der Waals surface area contributed by atoms with Gasteiger partial charge in [-0.25, -0.2) is 0 Å². The van der Waals surface area contributed by atoms with Crippen LogP contribution in [0.5, 0.6) is 0 Å². The van der Waals surface area contributed by atoms with Crippen molar-refractivity contribution in [3.63, 3.8) is 0 Å². The molecule has 0 radical (unpaired) electrons. The summed E-state index contributed by atoms with van der Waals surface area (Å²) in [6.07, 6.45) is 1.73. The van der Waals surface area contributed by atoms with E-state index in [2.05, 4.69) is 34.9 Å². The SMILES string of the molecule is CC(C)n1ccc(CC(O)c2cc(Br)ccc2Cl)n1. The Labute approximate surface area is 126 Å². The van der Waals surface area contributed by atoms with Crippen LogP contribution in [0.2, 0.25) is 5.02 Å². The monoisotopic (exact) mass is 342 g/mol. The van der Waals surface area contributed by atoms with Crippen molar-refractivity contribution < 1.29 is 5.11 Å². The molecular weight excluding hydrogens is 328 g/mol. The first kappa shape index (κ1) is 14.6. The van der Waals surface area contributed by atoms with Crippen LogP contribution in [0.3, 0.4) is 0 Å². The van der Waals surface area contributed by atoms with Gasteiger partial charge in [0.15, 0.2) is 0 Å². The van der Waals surface area contributed by atoms with Crippen molar-refractivity contribution in [2.45, 2.75) is 32.4 Å². The number of aliphatic hydroxyl groups is 1. The molecule has 0 bridgehead atoms. The largest absolute Gasteiger partial charge is 0.388 e. The van der Waals surface area contributed by atoms with Gasteiger partial charge >= 0.3 is 0 Å². The maximum absolute atomic E-state index is 10.3. The van der Waals surface area contributed by atoms with Crippen LogP contribution >= 0.6 is 27.5 Å². The van der Waals surface area contributed by atoms with Crippen molar-refractivity contribution in [2.24, 2.45) is 0 Å². The van der Waals surface area contributed by atoms with Gasteiger partial charge < -0.3 is 5.11 Å². The lowest BCUT2D eigenvalue weighted by molar-refractivity contribution is 0.177. The van der Waals surface area contributed by atoms with E-state index < -0.39 is 6.10 Å². The standard InChI is InChI=1S/C14H16BrClN2O/c1-9(2)18-6-5-11(17-18)8-14(19)12-7-10(15)3-4-13(12)16/h3-7,9,14,19H,8H2,1-2H3. The summed E-state index contributed by atoms with van der Waals surface area (Å²) < 4.78 is 2.78. The summed E-state index contributed by atoms with van der Waals surface area (Å²) >= 11 is 9.49. The average Bonchev–Trinajstić information content (AvgIpc) is 2.80. The molecule has 0 fully saturated rings. The molecule has 1 N–H and O–H groups in total. The van der Waals surface area contributed by atoms with Gasteiger partial charge in [0.25, 0.3) is 0 Å². The smallest absolute Gasteiger partial charge is 0.0860 e. The lowest BCUT2D eigenvalue weighted by atomic mass is 10.1. The molecular formula is C14H16BrClN2O. The van der Waals surface area contributed by atoms with Gasteiger partial charge in [-0.15, -0.1) is 0 Å². The Bertz CT molecular complexity index is 568. The fourth-order valence-corrected chi connectivity index (χ4v) is 2.47. The third kappa shape index (κ3) is 3.59. The molecule has 19 heavy (non-hydrogen) atoms. The summed E-state index contributed by atoms with van der Waals surface area (Å²) in [5.74, 6) is 0. The molecule has 2 rings (SSSR count). The normalized spacial score (nSPS) is 12.9. The van der Waals surface area contributed by atoms with Gasteiger partial charge in [-0.2, -0.15) is 5.10 Å². The minimum absolute atomic E-state index is 0.320. The van der Waals surface area contributed by atoms with Crippen LogP contribution in [-0.4, -0.2) is 14.9 Å². The molecule has 5 heteroatoms. The number of aliphatic hydroxyl groups excluding tert-OH is 1. The van der Waals surface area contributed by atoms with E-state index in [4.69, 9.17) is 11.6 Å². The van der Waals surface area contributed by atoms with Crippen molar-refractivity contribution in [3.05, 3.63) is 51.2 Å². The van der Waals surface area contributed by atoms with E-state index in [0.717, 1.165) is 15.7 Å². The highest BCUT2D eigenvalue weighted by molar-refractivity contribution is 9.10. The Morgan fingerprint density at radius 3 is 2.74 bits per heavy atom. The lowest BCUT2D eigenvalue weighted by Crippen LogP contribution is -2.06. The first-order valence-electron chi connectivity index (χ1n) is 6.14. The summed E-state index contributed by atoms with van der Waals surface area (Å²) in [5, 5.41) is 15.3. The third-order valence-corrected chi connectivity index (χ3v) is 3.75. The predicted molar refractivity (Wildman–Crippen MR) is 80.4 cm³/mol. The minimum atomic E-state index is -0.652. The topological polar surface area (TPSA) is 38.0 Å². The third-order valence-electron chi connectivity index (χ3n) is 2.91. The second-order valence-electron chi connectivity index (χ2n) is 4.77. The molecule has 1 aromatic carbocycles. The van der Waals surface area contributed by atoms with Gasteiger partial charge in [0.05, 0.1) is 11.8 Å². The van der Waals surface area contributed by atoms with Gasteiger partial charge in [0.1, 0.15) is 0 Å². The van der Waals surface area contributed by atoms with E-state index in [1.165, 1.54) is 0 Å². The summed E-state index contributed by atoms with van der Waals surface area (Å²) in [7, 11) is 0. The highest BCUT2D eigenvalue weighted by Crippen LogP contribution is 2.28. The molecule has 1 heterocycles. The highest BCUT2D eigenvalue weighted by atomic mass is 79.9. The van der Waals surface area contributed by atoms with Gasteiger partial charge in [-0.05, 0) is 38.1 Å². The zero-order chi connectivity index (χ0) is 14.0. The van der Waals surface area contributed by atoms with Gasteiger partial charge in [-0.3, -0.25) is 4.68 Å². The van der Waals surface area contributed by atoms with E-state index in [1.807, 2.05) is 29.1 Å². The molecule has 0 aliphatic heterocycles. The zero-order valence-corrected chi connectivity index (χ0v) is 13.2. The molecule has 2 aromatic rings. The van der Waals surface area contributed by atoms with Crippen LogP contribution in [0.15, 0.2) is 34.9 Å². The Morgan fingerprint density at radius 2 is 2.11 bits per heavy atom. The van der Waals surface area contributed by atoms with Crippen molar-refractivity contribution in [3.8, 4) is 0 Å². The molecule has 0 saturated carbocycles. The van der Waals surface area contributed by atoms with E-state index in [9.17, 15) is 5.11 Å². The molecule has 1 unspecified atom stereocenters. The Hall–Kier alpha value is -0.840. The van der Waals surface area contributed by atoms with Crippen LogP contribution in [-0.2, 0) is 6.42 Å².